The van der Waals surface area contributed by atoms with Gasteiger partial charge >= 0.3 is 6.03 Å². The van der Waals surface area contributed by atoms with Crippen molar-refractivity contribution in [3.8, 4) is 0 Å². The minimum atomic E-state index is -0.813. The van der Waals surface area contributed by atoms with E-state index in [4.69, 9.17) is 4.74 Å². The number of carbonyl (C=O) groups excluding carboxylic acids is 1. The second-order valence-corrected chi connectivity index (χ2v) is 8.05. The van der Waals surface area contributed by atoms with Crippen molar-refractivity contribution < 1.29 is 14.6 Å². The third-order valence-electron chi connectivity index (χ3n) is 5.63. The Morgan fingerprint density at radius 2 is 1.69 bits per heavy atom. The number of ether oxygens (including phenoxy) is 1. The molecule has 6 nitrogen and oxygen atoms in total. The third-order valence-corrected chi connectivity index (χ3v) is 5.63. The van der Waals surface area contributed by atoms with Gasteiger partial charge < -0.3 is 25.8 Å². The van der Waals surface area contributed by atoms with E-state index in [9.17, 15) is 9.90 Å². The molecule has 6 heteroatoms. The van der Waals surface area contributed by atoms with Crippen molar-refractivity contribution in [1.29, 1.82) is 0 Å². The summed E-state index contributed by atoms with van der Waals surface area (Å²) in [6, 6.07) is 19.9. The van der Waals surface area contributed by atoms with Crippen LogP contribution in [0.4, 0.5) is 4.79 Å². The summed E-state index contributed by atoms with van der Waals surface area (Å²) < 4.78 is 5.96. The van der Waals surface area contributed by atoms with E-state index in [0.29, 0.717) is 24.5 Å². The normalized spacial score (nSPS) is 23.1. The van der Waals surface area contributed by atoms with Gasteiger partial charge in [-0.1, -0.05) is 60.7 Å². The standard InChI is InChI=1S/C23H27N3O3/c1-23(2)21(27)20(19-18(29-23)14-25-22(28)26-19)24-13-17(15-9-5-3-6-10-15)16-11-7-4-8-12-16/h3-12,17,20-21,24,27H,13-14H2,1-2H3,(H2,25,26,28). The maximum Gasteiger partial charge on any atom is 0.319 e. The highest BCUT2D eigenvalue weighted by atomic mass is 16.5. The van der Waals surface area contributed by atoms with Crippen LogP contribution in [-0.4, -0.2) is 42.0 Å². The Hall–Kier alpha value is -2.83. The summed E-state index contributed by atoms with van der Waals surface area (Å²) in [5, 5.41) is 20.0. The molecule has 2 aromatic carbocycles. The Bertz CT molecular complexity index is 857. The predicted molar refractivity (Wildman–Crippen MR) is 111 cm³/mol. The summed E-state index contributed by atoms with van der Waals surface area (Å²) in [6.45, 7) is 4.64. The lowest BCUT2D eigenvalue weighted by Crippen LogP contribution is -2.62. The molecule has 2 unspecified atom stereocenters. The van der Waals surface area contributed by atoms with Crippen LogP contribution in [0.1, 0.15) is 30.9 Å². The number of nitrogens with one attached hydrogen (secondary N) is 3. The van der Waals surface area contributed by atoms with Crippen LogP contribution in [0.25, 0.3) is 0 Å². The summed E-state index contributed by atoms with van der Waals surface area (Å²) in [4.78, 5) is 11.9. The smallest absolute Gasteiger partial charge is 0.319 e. The fourth-order valence-electron chi connectivity index (χ4n) is 4.03. The quantitative estimate of drug-likeness (QED) is 0.629. The van der Waals surface area contributed by atoms with E-state index >= 15 is 0 Å². The molecule has 0 aliphatic carbocycles. The first-order valence-electron chi connectivity index (χ1n) is 9.94. The Kier molecular flexibility index (Phi) is 5.30. The predicted octanol–water partition coefficient (Wildman–Crippen LogP) is 2.47. The van der Waals surface area contributed by atoms with E-state index in [1.807, 2.05) is 50.2 Å². The topological polar surface area (TPSA) is 82.6 Å². The van der Waals surface area contributed by atoms with Gasteiger partial charge in [-0.05, 0) is 25.0 Å². The Morgan fingerprint density at radius 1 is 1.10 bits per heavy atom. The summed E-state index contributed by atoms with van der Waals surface area (Å²) >= 11 is 0. The van der Waals surface area contributed by atoms with Crippen molar-refractivity contribution in [2.24, 2.45) is 0 Å². The Morgan fingerprint density at radius 3 is 2.28 bits per heavy atom. The molecule has 4 N–H and O–H groups in total. The van der Waals surface area contributed by atoms with Gasteiger partial charge in [0, 0.05) is 12.5 Å². The molecule has 4 rings (SSSR count). The maximum absolute atomic E-state index is 11.9. The summed E-state index contributed by atoms with van der Waals surface area (Å²) in [5.41, 5.74) is 2.22. The molecule has 2 atom stereocenters. The van der Waals surface area contributed by atoms with E-state index in [-0.39, 0.29) is 11.9 Å². The van der Waals surface area contributed by atoms with Crippen molar-refractivity contribution >= 4 is 6.03 Å². The lowest BCUT2D eigenvalue weighted by molar-refractivity contribution is -0.0993. The lowest BCUT2D eigenvalue weighted by Gasteiger charge is -2.45. The fourth-order valence-corrected chi connectivity index (χ4v) is 4.03. The Balaban J connectivity index is 1.62. The zero-order chi connectivity index (χ0) is 20.4. The molecule has 0 bridgehead atoms. The van der Waals surface area contributed by atoms with Crippen LogP contribution >= 0.6 is 0 Å². The molecule has 2 amide bonds. The first-order valence-corrected chi connectivity index (χ1v) is 9.94. The minimum absolute atomic E-state index is 0.108. The van der Waals surface area contributed by atoms with E-state index in [0.717, 1.165) is 0 Å². The van der Waals surface area contributed by atoms with Crippen LogP contribution < -0.4 is 16.0 Å². The number of carbonyl (C=O) groups is 1. The average Bonchev–Trinajstić information content (AvgIpc) is 2.73. The van der Waals surface area contributed by atoms with E-state index in [1.54, 1.807) is 0 Å². The number of benzene rings is 2. The summed E-state index contributed by atoms with van der Waals surface area (Å²) in [5.74, 6) is 0.769. The number of aliphatic hydroxyl groups is 1. The molecule has 152 valence electrons. The Labute approximate surface area is 171 Å². The van der Waals surface area contributed by atoms with Gasteiger partial charge in [-0.3, -0.25) is 0 Å². The lowest BCUT2D eigenvalue weighted by atomic mass is 9.87. The number of urea groups is 1. The summed E-state index contributed by atoms with van der Waals surface area (Å²) in [6.07, 6.45) is -0.813. The second kappa shape index (κ2) is 7.89. The van der Waals surface area contributed by atoms with Gasteiger partial charge in [-0.2, -0.15) is 0 Å². The molecule has 2 aromatic rings. The molecule has 2 heterocycles. The van der Waals surface area contributed by atoms with Gasteiger partial charge in [-0.25, -0.2) is 4.79 Å². The van der Waals surface area contributed by atoms with E-state index in [2.05, 4.69) is 40.2 Å². The highest BCUT2D eigenvalue weighted by Gasteiger charge is 2.45. The van der Waals surface area contributed by atoms with Crippen LogP contribution in [0.5, 0.6) is 0 Å². The van der Waals surface area contributed by atoms with Crippen molar-refractivity contribution in [2.45, 2.75) is 37.5 Å². The molecule has 0 radical (unpaired) electrons. The van der Waals surface area contributed by atoms with Gasteiger partial charge in [-0.15, -0.1) is 0 Å². The third kappa shape index (κ3) is 3.99. The number of amides is 2. The van der Waals surface area contributed by atoms with Gasteiger partial charge in [0.25, 0.3) is 0 Å². The summed E-state index contributed by atoms with van der Waals surface area (Å²) in [7, 11) is 0. The van der Waals surface area contributed by atoms with Gasteiger partial charge in [0.2, 0.25) is 0 Å². The number of hydrogen-bond donors (Lipinski definition) is 4. The van der Waals surface area contributed by atoms with Crippen LogP contribution in [0.2, 0.25) is 0 Å². The van der Waals surface area contributed by atoms with Crippen LogP contribution in [-0.2, 0) is 4.74 Å². The molecule has 0 spiro atoms. The van der Waals surface area contributed by atoms with Gasteiger partial charge in [0.1, 0.15) is 17.5 Å². The van der Waals surface area contributed by atoms with Gasteiger partial charge in [0.05, 0.1) is 18.3 Å². The second-order valence-electron chi connectivity index (χ2n) is 8.05. The van der Waals surface area contributed by atoms with Crippen molar-refractivity contribution in [3.05, 3.63) is 83.2 Å². The molecule has 0 aromatic heterocycles. The molecule has 29 heavy (non-hydrogen) atoms. The molecule has 0 saturated heterocycles. The van der Waals surface area contributed by atoms with Crippen LogP contribution in [0, 0.1) is 0 Å². The number of aliphatic hydroxyl groups excluding tert-OH is 1. The van der Waals surface area contributed by atoms with E-state index in [1.165, 1.54) is 11.1 Å². The number of rotatable bonds is 5. The molecular formula is C23H27N3O3. The van der Waals surface area contributed by atoms with E-state index < -0.39 is 17.7 Å². The molecule has 2 aliphatic rings. The first kappa shape index (κ1) is 19.5. The van der Waals surface area contributed by atoms with Crippen molar-refractivity contribution in [3.63, 3.8) is 0 Å². The molecule has 2 aliphatic heterocycles. The fraction of sp³-hybridized carbons (Fsp3) is 0.348. The van der Waals surface area contributed by atoms with Crippen molar-refractivity contribution in [2.75, 3.05) is 13.1 Å². The first-order chi connectivity index (χ1) is 14.0. The zero-order valence-corrected chi connectivity index (χ0v) is 16.7. The minimum Gasteiger partial charge on any atom is -0.486 e. The van der Waals surface area contributed by atoms with Gasteiger partial charge in [0.15, 0.2) is 0 Å². The number of hydrogen-bond acceptors (Lipinski definition) is 4. The molecule has 0 saturated carbocycles. The maximum atomic E-state index is 11.9. The average molecular weight is 393 g/mol. The molecule has 0 fully saturated rings. The highest BCUT2D eigenvalue weighted by Crippen LogP contribution is 2.33. The van der Waals surface area contributed by atoms with Crippen LogP contribution in [0.3, 0.4) is 0 Å². The zero-order valence-electron chi connectivity index (χ0n) is 16.7. The SMILES string of the molecule is CC1(C)OC2=C(NC(=O)NC2)C(NCC(c2ccccc2)c2ccccc2)C1O. The monoisotopic (exact) mass is 393 g/mol. The molecular weight excluding hydrogens is 366 g/mol. The van der Waals surface area contributed by atoms with Crippen molar-refractivity contribution in [1.82, 2.24) is 16.0 Å². The van der Waals surface area contributed by atoms with Crippen LogP contribution in [0.15, 0.2) is 72.1 Å². The largest absolute Gasteiger partial charge is 0.486 e. The highest BCUT2D eigenvalue weighted by molar-refractivity contribution is 5.78.